The summed E-state index contributed by atoms with van der Waals surface area (Å²) in [5, 5.41) is 6.00. The average molecular weight is 323 g/mol. The normalized spacial score (nSPS) is 15.5. The van der Waals surface area contributed by atoms with Crippen molar-refractivity contribution in [1.82, 2.24) is 15.5 Å². The van der Waals surface area contributed by atoms with Crippen molar-refractivity contribution in [2.45, 2.75) is 13.0 Å². The van der Waals surface area contributed by atoms with Crippen LogP contribution in [0.3, 0.4) is 0 Å². The molecular weight excluding hydrogens is 302 g/mol. The Hall–Kier alpha value is -2.66. The van der Waals surface area contributed by atoms with E-state index in [0.29, 0.717) is 13.1 Å². The average Bonchev–Trinajstić information content (AvgIpc) is 2.92. The molecule has 0 saturated carbocycles. The maximum Gasteiger partial charge on any atom is 0.324 e. The molecule has 0 bridgehead atoms. The molecule has 2 N–H and O–H groups in total. The fraction of sp³-hybridized carbons (Fsp3) is 0.263. The molecule has 1 aliphatic heterocycles. The van der Waals surface area contributed by atoms with Crippen LogP contribution < -0.4 is 10.6 Å². The van der Waals surface area contributed by atoms with Gasteiger partial charge in [-0.3, -0.25) is 9.69 Å². The van der Waals surface area contributed by atoms with Crippen molar-refractivity contribution in [1.29, 1.82) is 0 Å². The van der Waals surface area contributed by atoms with Crippen LogP contribution in [0, 0.1) is 6.92 Å². The minimum atomic E-state index is -0.312. The quantitative estimate of drug-likeness (QED) is 0.802. The van der Waals surface area contributed by atoms with E-state index in [2.05, 4.69) is 54.0 Å². The predicted octanol–water partition coefficient (Wildman–Crippen LogP) is 2.23. The molecule has 0 aliphatic carbocycles. The van der Waals surface area contributed by atoms with Gasteiger partial charge < -0.3 is 10.6 Å². The second-order valence-corrected chi connectivity index (χ2v) is 5.91. The number of aryl methyl sites for hydroxylation is 1. The molecule has 1 aliphatic rings. The summed E-state index contributed by atoms with van der Waals surface area (Å²) in [6, 6.07) is 18.3. The number of carbonyl (C=O) groups is 2. The number of hydrogen-bond donors (Lipinski definition) is 2. The van der Waals surface area contributed by atoms with Gasteiger partial charge in [-0.1, -0.05) is 60.2 Å². The molecule has 5 nitrogen and oxygen atoms in total. The summed E-state index contributed by atoms with van der Waals surface area (Å²) < 4.78 is 0. The predicted molar refractivity (Wildman–Crippen MR) is 92.6 cm³/mol. The molecule has 2 aromatic carbocycles. The molecule has 3 rings (SSSR count). The van der Waals surface area contributed by atoms with Crippen LogP contribution >= 0.6 is 0 Å². The number of rotatable bonds is 6. The molecule has 1 fully saturated rings. The zero-order valence-electron chi connectivity index (χ0n) is 13.7. The summed E-state index contributed by atoms with van der Waals surface area (Å²) in [4.78, 5) is 24.5. The Labute approximate surface area is 141 Å². The van der Waals surface area contributed by atoms with Gasteiger partial charge in [0.05, 0.1) is 12.6 Å². The Morgan fingerprint density at radius 2 is 1.71 bits per heavy atom. The SMILES string of the molecule is Cc1ccc([C@@H](NCCN2C(=O)CNC2=O)c2ccccc2)cc1. The number of urea groups is 1. The van der Waals surface area contributed by atoms with Gasteiger partial charge in [-0.2, -0.15) is 0 Å². The zero-order valence-corrected chi connectivity index (χ0v) is 13.7. The molecule has 0 unspecified atom stereocenters. The molecule has 24 heavy (non-hydrogen) atoms. The number of amides is 3. The lowest BCUT2D eigenvalue weighted by molar-refractivity contribution is -0.124. The van der Waals surface area contributed by atoms with E-state index in [9.17, 15) is 9.59 Å². The Morgan fingerprint density at radius 1 is 1.04 bits per heavy atom. The highest BCUT2D eigenvalue weighted by Gasteiger charge is 2.28. The van der Waals surface area contributed by atoms with Gasteiger partial charge in [-0.15, -0.1) is 0 Å². The number of hydrogen-bond acceptors (Lipinski definition) is 3. The van der Waals surface area contributed by atoms with E-state index in [1.54, 1.807) is 0 Å². The Bertz CT molecular complexity index is 697. The van der Waals surface area contributed by atoms with Crippen molar-refractivity contribution in [3.63, 3.8) is 0 Å². The molecule has 3 amide bonds. The van der Waals surface area contributed by atoms with E-state index in [0.717, 1.165) is 11.1 Å². The molecule has 1 saturated heterocycles. The third-order valence-corrected chi connectivity index (χ3v) is 4.16. The fourth-order valence-corrected chi connectivity index (χ4v) is 2.83. The van der Waals surface area contributed by atoms with E-state index >= 15 is 0 Å². The maximum atomic E-state index is 11.7. The molecule has 1 heterocycles. The van der Waals surface area contributed by atoms with Crippen molar-refractivity contribution >= 4 is 11.9 Å². The summed E-state index contributed by atoms with van der Waals surface area (Å²) in [5.41, 5.74) is 3.52. The Kier molecular flexibility index (Phi) is 4.91. The Balaban J connectivity index is 1.72. The lowest BCUT2D eigenvalue weighted by atomic mass is 9.98. The van der Waals surface area contributed by atoms with Crippen molar-refractivity contribution in [2.24, 2.45) is 0 Å². The first-order chi connectivity index (χ1) is 11.6. The summed E-state index contributed by atoms with van der Waals surface area (Å²) in [6.07, 6.45) is 0. The van der Waals surface area contributed by atoms with Crippen molar-refractivity contribution in [2.75, 3.05) is 19.6 Å². The third-order valence-electron chi connectivity index (χ3n) is 4.16. The van der Waals surface area contributed by atoms with E-state index in [1.165, 1.54) is 10.5 Å². The number of benzene rings is 2. The second-order valence-electron chi connectivity index (χ2n) is 5.91. The van der Waals surface area contributed by atoms with Gasteiger partial charge in [-0.25, -0.2) is 4.79 Å². The highest BCUT2D eigenvalue weighted by atomic mass is 16.2. The number of carbonyl (C=O) groups excluding carboxylic acids is 2. The standard InChI is InChI=1S/C19H21N3O2/c1-14-7-9-16(10-8-14)18(15-5-3-2-4-6-15)20-11-12-22-17(23)13-21-19(22)24/h2-10,18,20H,11-13H2,1H3,(H,21,24)/t18-/m0/s1. The van der Waals surface area contributed by atoms with Crippen molar-refractivity contribution < 1.29 is 9.59 Å². The molecule has 0 aromatic heterocycles. The summed E-state index contributed by atoms with van der Waals surface area (Å²) in [7, 11) is 0. The molecule has 2 aromatic rings. The second kappa shape index (κ2) is 7.27. The van der Waals surface area contributed by atoms with Gasteiger partial charge >= 0.3 is 6.03 Å². The van der Waals surface area contributed by atoms with Gasteiger partial charge in [0.15, 0.2) is 0 Å². The number of nitrogens with zero attached hydrogens (tertiary/aromatic N) is 1. The summed E-state index contributed by atoms with van der Waals surface area (Å²) >= 11 is 0. The summed E-state index contributed by atoms with van der Waals surface area (Å²) in [6.45, 7) is 3.05. The van der Waals surface area contributed by atoms with E-state index in [-0.39, 0.29) is 24.5 Å². The van der Waals surface area contributed by atoms with Crippen molar-refractivity contribution in [3.8, 4) is 0 Å². The topological polar surface area (TPSA) is 61.4 Å². The van der Waals surface area contributed by atoms with Crippen LogP contribution in [0.2, 0.25) is 0 Å². The van der Waals surface area contributed by atoms with Crippen LogP contribution in [-0.2, 0) is 4.79 Å². The van der Waals surface area contributed by atoms with Crippen LogP contribution in [-0.4, -0.2) is 36.5 Å². The first-order valence-electron chi connectivity index (χ1n) is 8.08. The minimum Gasteiger partial charge on any atom is -0.329 e. The fourth-order valence-electron chi connectivity index (χ4n) is 2.83. The van der Waals surface area contributed by atoms with Gasteiger partial charge in [0, 0.05) is 13.1 Å². The van der Waals surface area contributed by atoms with Crippen LogP contribution in [0.15, 0.2) is 54.6 Å². The summed E-state index contributed by atoms with van der Waals surface area (Å²) in [5.74, 6) is -0.173. The van der Waals surface area contributed by atoms with Gasteiger partial charge in [0.25, 0.3) is 0 Å². The van der Waals surface area contributed by atoms with Gasteiger partial charge in [-0.05, 0) is 18.1 Å². The number of imide groups is 1. The molecular formula is C19H21N3O2. The monoisotopic (exact) mass is 323 g/mol. The Morgan fingerprint density at radius 3 is 2.33 bits per heavy atom. The smallest absolute Gasteiger partial charge is 0.324 e. The third kappa shape index (κ3) is 3.63. The maximum absolute atomic E-state index is 11.7. The van der Waals surface area contributed by atoms with E-state index in [1.807, 2.05) is 18.2 Å². The molecule has 124 valence electrons. The molecule has 5 heteroatoms. The van der Waals surface area contributed by atoms with Crippen LogP contribution in [0.1, 0.15) is 22.7 Å². The molecule has 0 radical (unpaired) electrons. The number of nitrogens with one attached hydrogen (secondary N) is 2. The zero-order chi connectivity index (χ0) is 16.9. The van der Waals surface area contributed by atoms with Crippen LogP contribution in [0.5, 0.6) is 0 Å². The van der Waals surface area contributed by atoms with Gasteiger partial charge in [0.1, 0.15) is 0 Å². The minimum absolute atomic E-state index is 0.0209. The molecule has 0 spiro atoms. The first kappa shape index (κ1) is 16.2. The highest BCUT2D eigenvalue weighted by Crippen LogP contribution is 2.22. The van der Waals surface area contributed by atoms with Crippen LogP contribution in [0.25, 0.3) is 0 Å². The lowest BCUT2D eigenvalue weighted by Gasteiger charge is -2.21. The van der Waals surface area contributed by atoms with Gasteiger partial charge in [0.2, 0.25) is 5.91 Å². The van der Waals surface area contributed by atoms with E-state index < -0.39 is 0 Å². The van der Waals surface area contributed by atoms with Crippen molar-refractivity contribution in [3.05, 3.63) is 71.3 Å². The highest BCUT2D eigenvalue weighted by molar-refractivity contribution is 6.01. The lowest BCUT2D eigenvalue weighted by Crippen LogP contribution is -2.38. The molecule has 1 atom stereocenters. The largest absolute Gasteiger partial charge is 0.329 e. The van der Waals surface area contributed by atoms with E-state index in [4.69, 9.17) is 0 Å². The first-order valence-corrected chi connectivity index (χ1v) is 8.08. The van der Waals surface area contributed by atoms with Crippen LogP contribution in [0.4, 0.5) is 4.79 Å².